The van der Waals surface area contributed by atoms with Gasteiger partial charge in [-0.3, -0.25) is 14.6 Å². The summed E-state index contributed by atoms with van der Waals surface area (Å²) in [6.07, 6.45) is 2.20. The van der Waals surface area contributed by atoms with Crippen LogP contribution in [0.1, 0.15) is 40.3 Å². The van der Waals surface area contributed by atoms with Gasteiger partial charge in [-0.2, -0.15) is 10.2 Å². The number of hydrogen-bond donors (Lipinski definition) is 2. The van der Waals surface area contributed by atoms with Gasteiger partial charge in [0.05, 0.1) is 25.4 Å². The zero-order valence-corrected chi connectivity index (χ0v) is 18.7. The molecule has 0 fully saturated rings. The SMILES string of the molecule is [C-]#[N+]c1cc(NC(=O)N2Cc3c(nn4c3C(=O)N(C)C[C@H](c3ccn[nH]3)C4)C[C@H]2C)ccc1F. The molecule has 10 nitrogen and oxygen atoms in total. The summed E-state index contributed by atoms with van der Waals surface area (Å²) in [7, 11) is 1.76. The molecule has 2 aromatic heterocycles. The molecule has 4 heterocycles. The van der Waals surface area contributed by atoms with Crippen LogP contribution in [-0.4, -0.2) is 61.4 Å². The van der Waals surface area contributed by atoms with Crippen LogP contribution in [0.4, 0.5) is 20.6 Å². The van der Waals surface area contributed by atoms with E-state index in [1.54, 1.807) is 27.7 Å². The predicted octanol–water partition coefficient (Wildman–Crippen LogP) is 3.14. The number of likely N-dealkylation sites (N-methyl/N-ethyl adjacent to an activating group) is 1. The molecule has 2 N–H and O–H groups in total. The van der Waals surface area contributed by atoms with Crippen LogP contribution in [0.5, 0.6) is 0 Å². The maximum atomic E-state index is 13.6. The summed E-state index contributed by atoms with van der Waals surface area (Å²) in [5.74, 6) is -0.750. The third-order valence-corrected chi connectivity index (χ3v) is 6.46. The Hall–Kier alpha value is -4.20. The Labute approximate surface area is 195 Å². The number of anilines is 1. The Bertz CT molecular complexity index is 1310. The number of nitrogens with one attached hydrogen (secondary N) is 2. The van der Waals surface area contributed by atoms with Crippen LogP contribution in [0.3, 0.4) is 0 Å². The number of carbonyl (C=O) groups excluding carboxylic acids is 2. The number of rotatable bonds is 2. The minimum atomic E-state index is -0.636. The van der Waals surface area contributed by atoms with Crippen LogP contribution in [0.25, 0.3) is 4.85 Å². The predicted molar refractivity (Wildman–Crippen MR) is 121 cm³/mol. The maximum Gasteiger partial charge on any atom is 0.322 e. The summed E-state index contributed by atoms with van der Waals surface area (Å²) in [6.45, 7) is 10.3. The molecule has 5 rings (SSSR count). The number of amides is 3. The number of carbonyl (C=O) groups is 2. The number of H-pyrrole nitrogens is 1. The molecule has 0 saturated heterocycles. The number of benzene rings is 1. The van der Waals surface area contributed by atoms with Crippen molar-refractivity contribution in [2.24, 2.45) is 0 Å². The lowest BCUT2D eigenvalue weighted by Gasteiger charge is -2.33. The third-order valence-electron chi connectivity index (χ3n) is 6.46. The lowest BCUT2D eigenvalue weighted by Crippen LogP contribution is -2.45. The van der Waals surface area contributed by atoms with Crippen molar-refractivity contribution >= 4 is 23.3 Å². The van der Waals surface area contributed by atoms with Crippen molar-refractivity contribution in [2.45, 2.75) is 38.4 Å². The van der Waals surface area contributed by atoms with Crippen LogP contribution in [0.2, 0.25) is 0 Å². The number of urea groups is 1. The molecule has 0 spiro atoms. The fourth-order valence-corrected chi connectivity index (χ4v) is 4.66. The largest absolute Gasteiger partial charge is 0.340 e. The van der Waals surface area contributed by atoms with Gasteiger partial charge in [0.15, 0.2) is 0 Å². The number of halogens is 1. The van der Waals surface area contributed by atoms with Crippen molar-refractivity contribution in [2.75, 3.05) is 18.9 Å². The van der Waals surface area contributed by atoms with Crippen molar-refractivity contribution in [3.05, 3.63) is 70.3 Å². The topological polar surface area (TPSA) is 104 Å². The van der Waals surface area contributed by atoms with Gasteiger partial charge in [0.25, 0.3) is 5.91 Å². The molecular weight excluding hydrogens is 439 g/mol. The summed E-state index contributed by atoms with van der Waals surface area (Å²) in [5, 5.41) is 14.5. The highest BCUT2D eigenvalue weighted by atomic mass is 19.1. The van der Waals surface area contributed by atoms with Crippen LogP contribution in [0, 0.1) is 12.4 Å². The van der Waals surface area contributed by atoms with E-state index in [1.165, 1.54) is 12.1 Å². The average molecular weight is 462 g/mol. The number of fused-ring (bicyclic) bond motifs is 3. The molecule has 2 aliphatic rings. The van der Waals surface area contributed by atoms with E-state index in [1.807, 2.05) is 13.0 Å². The molecule has 2 atom stereocenters. The second-order valence-corrected chi connectivity index (χ2v) is 8.74. The Morgan fingerprint density at radius 1 is 1.32 bits per heavy atom. The highest BCUT2D eigenvalue weighted by Gasteiger charge is 2.37. The summed E-state index contributed by atoms with van der Waals surface area (Å²) in [6, 6.07) is 5.24. The zero-order chi connectivity index (χ0) is 24.0. The fourth-order valence-electron chi connectivity index (χ4n) is 4.66. The normalized spacial score (nSPS) is 19.8. The molecule has 3 amide bonds. The van der Waals surface area contributed by atoms with E-state index in [0.717, 1.165) is 23.0 Å². The van der Waals surface area contributed by atoms with E-state index >= 15 is 0 Å². The van der Waals surface area contributed by atoms with E-state index in [9.17, 15) is 14.0 Å². The van der Waals surface area contributed by atoms with Gasteiger partial charge >= 0.3 is 6.03 Å². The molecule has 11 heteroatoms. The summed E-state index contributed by atoms with van der Waals surface area (Å²) in [5.41, 5.74) is 3.18. The number of aromatic nitrogens is 4. The molecule has 0 bridgehead atoms. The highest BCUT2D eigenvalue weighted by Crippen LogP contribution is 2.31. The number of aromatic amines is 1. The Kier molecular flexibility index (Phi) is 5.28. The van der Waals surface area contributed by atoms with E-state index in [0.29, 0.717) is 30.9 Å². The quantitative estimate of drug-likeness (QED) is 0.571. The second kappa shape index (κ2) is 8.30. The zero-order valence-electron chi connectivity index (χ0n) is 18.7. The highest BCUT2D eigenvalue weighted by molar-refractivity contribution is 5.95. The van der Waals surface area contributed by atoms with Gasteiger partial charge in [0.1, 0.15) is 11.5 Å². The molecule has 2 aliphatic heterocycles. The molecular formula is C23H23FN8O2. The van der Waals surface area contributed by atoms with Crippen LogP contribution in [-0.2, 0) is 19.5 Å². The summed E-state index contributed by atoms with van der Waals surface area (Å²) < 4.78 is 15.4. The van der Waals surface area contributed by atoms with Crippen molar-refractivity contribution in [3.8, 4) is 0 Å². The maximum absolute atomic E-state index is 13.6. The van der Waals surface area contributed by atoms with Gasteiger partial charge in [0.2, 0.25) is 5.69 Å². The monoisotopic (exact) mass is 462 g/mol. The first-order valence-corrected chi connectivity index (χ1v) is 10.9. The second-order valence-electron chi connectivity index (χ2n) is 8.74. The molecule has 0 saturated carbocycles. The lowest BCUT2D eigenvalue weighted by atomic mass is 9.99. The van der Waals surface area contributed by atoms with E-state index in [4.69, 9.17) is 11.7 Å². The fraction of sp³-hybridized carbons (Fsp3) is 0.348. The van der Waals surface area contributed by atoms with Crippen molar-refractivity contribution in [1.29, 1.82) is 0 Å². The minimum absolute atomic E-state index is 0.0194. The van der Waals surface area contributed by atoms with Gasteiger partial charge in [-0.25, -0.2) is 14.0 Å². The number of hydrogen-bond acceptors (Lipinski definition) is 4. The van der Waals surface area contributed by atoms with E-state index < -0.39 is 5.82 Å². The molecule has 1 aromatic carbocycles. The average Bonchev–Trinajstić information content (AvgIpc) is 3.44. The van der Waals surface area contributed by atoms with Gasteiger partial charge in [-0.15, -0.1) is 0 Å². The van der Waals surface area contributed by atoms with Crippen LogP contribution in [0.15, 0.2) is 30.5 Å². The molecule has 0 radical (unpaired) electrons. The molecule has 0 unspecified atom stereocenters. The first-order chi connectivity index (χ1) is 16.4. The van der Waals surface area contributed by atoms with Gasteiger partial charge in [-0.05, 0) is 31.2 Å². The molecule has 0 aliphatic carbocycles. The van der Waals surface area contributed by atoms with Crippen molar-refractivity contribution < 1.29 is 14.0 Å². The first kappa shape index (κ1) is 21.6. The van der Waals surface area contributed by atoms with E-state index in [-0.39, 0.29) is 36.1 Å². The van der Waals surface area contributed by atoms with Gasteiger partial charge < -0.3 is 15.1 Å². The Balaban J connectivity index is 1.43. The summed E-state index contributed by atoms with van der Waals surface area (Å²) in [4.78, 5) is 32.8. The number of nitrogens with zero attached hydrogens (tertiary/aromatic N) is 6. The standard InChI is InChI=1S/C23H23FN8O2/c1-13-8-19-16(12-31(13)23(34)27-15-4-5-17(24)20(9-15)25-2)21-22(33)30(3)10-14(11-32(21)29-19)18-6-7-26-28-18/h4-7,9,13-14H,8,10-12H2,1,3H3,(H,26,28)(H,27,34)/t13-,14+/m1/s1. The summed E-state index contributed by atoms with van der Waals surface area (Å²) >= 11 is 0. The van der Waals surface area contributed by atoms with Crippen molar-refractivity contribution in [3.63, 3.8) is 0 Å². The molecule has 174 valence electrons. The first-order valence-electron chi connectivity index (χ1n) is 10.9. The van der Waals surface area contributed by atoms with Gasteiger partial charge in [0, 0.05) is 55.1 Å². The Morgan fingerprint density at radius 2 is 2.15 bits per heavy atom. The smallest absolute Gasteiger partial charge is 0.322 e. The lowest BCUT2D eigenvalue weighted by molar-refractivity contribution is 0.0787. The van der Waals surface area contributed by atoms with E-state index in [2.05, 4.69) is 20.4 Å². The minimum Gasteiger partial charge on any atom is -0.340 e. The van der Waals surface area contributed by atoms with Crippen LogP contribution < -0.4 is 5.32 Å². The van der Waals surface area contributed by atoms with Gasteiger partial charge in [-0.1, -0.05) is 0 Å². The molecule has 34 heavy (non-hydrogen) atoms. The Morgan fingerprint density at radius 3 is 2.88 bits per heavy atom. The van der Waals surface area contributed by atoms with Crippen LogP contribution >= 0.6 is 0 Å². The molecule has 3 aromatic rings. The van der Waals surface area contributed by atoms with Crippen molar-refractivity contribution in [1.82, 2.24) is 29.8 Å². The third kappa shape index (κ3) is 3.67.